The fourth-order valence-corrected chi connectivity index (χ4v) is 1.68. The molecule has 0 fully saturated rings. The van der Waals surface area contributed by atoms with Crippen LogP contribution in [-0.4, -0.2) is 35.4 Å². The highest BCUT2D eigenvalue weighted by atomic mass is 16.5. The van der Waals surface area contributed by atoms with Crippen LogP contribution in [0.4, 0.5) is 0 Å². The minimum atomic E-state index is -0.419. The molecule has 3 N–H and O–H groups in total. The fraction of sp³-hybridized carbons (Fsp3) is 0.143. The van der Waals surface area contributed by atoms with Crippen molar-refractivity contribution < 1.29 is 14.3 Å². The van der Waals surface area contributed by atoms with Gasteiger partial charge in [0.25, 0.3) is 5.56 Å². The summed E-state index contributed by atoms with van der Waals surface area (Å²) >= 11 is 0. The van der Waals surface area contributed by atoms with Crippen molar-refractivity contribution in [2.75, 3.05) is 7.11 Å². The lowest BCUT2D eigenvalue weighted by atomic mass is 10.1. The molecule has 0 spiro atoms. The molecule has 8 nitrogen and oxygen atoms in total. The van der Waals surface area contributed by atoms with Crippen LogP contribution in [0.15, 0.2) is 40.2 Å². The highest BCUT2D eigenvalue weighted by molar-refractivity contribution is 5.90. The highest BCUT2D eigenvalue weighted by Crippen LogP contribution is 2.03. The SMILES string of the molecule is COC(=O)c1ccc(C=NNC(=O)Cc2cc(=O)[nH][nH]2)cc1. The number of hydrogen-bond donors (Lipinski definition) is 3. The van der Waals surface area contributed by atoms with Crippen molar-refractivity contribution >= 4 is 18.1 Å². The van der Waals surface area contributed by atoms with Gasteiger partial charge in [-0.05, 0) is 17.7 Å². The average Bonchev–Trinajstić information content (AvgIpc) is 2.92. The van der Waals surface area contributed by atoms with Crippen LogP contribution in [0.1, 0.15) is 21.6 Å². The third-order valence-electron chi connectivity index (χ3n) is 2.74. The first kappa shape index (κ1) is 15.2. The van der Waals surface area contributed by atoms with Gasteiger partial charge in [-0.1, -0.05) is 12.1 Å². The smallest absolute Gasteiger partial charge is 0.337 e. The number of benzene rings is 1. The Morgan fingerprint density at radius 3 is 2.59 bits per heavy atom. The molecule has 2 aromatic rings. The minimum Gasteiger partial charge on any atom is -0.465 e. The Hall–Kier alpha value is -3.16. The van der Waals surface area contributed by atoms with Crippen LogP contribution in [0.5, 0.6) is 0 Å². The van der Waals surface area contributed by atoms with Crippen molar-refractivity contribution in [1.82, 2.24) is 15.6 Å². The van der Waals surface area contributed by atoms with Gasteiger partial charge in [0.2, 0.25) is 5.91 Å². The normalized spacial score (nSPS) is 10.6. The first-order valence-electron chi connectivity index (χ1n) is 6.35. The number of H-pyrrole nitrogens is 2. The lowest BCUT2D eigenvalue weighted by Crippen LogP contribution is -2.20. The van der Waals surface area contributed by atoms with Gasteiger partial charge in [0, 0.05) is 11.8 Å². The number of nitrogens with one attached hydrogen (secondary N) is 3. The molecule has 0 atom stereocenters. The second-order valence-electron chi connectivity index (χ2n) is 4.37. The Morgan fingerprint density at radius 2 is 2.00 bits per heavy atom. The molecule has 0 saturated heterocycles. The number of ether oxygens (including phenoxy) is 1. The Morgan fingerprint density at radius 1 is 1.27 bits per heavy atom. The highest BCUT2D eigenvalue weighted by Gasteiger charge is 2.05. The van der Waals surface area contributed by atoms with Crippen molar-refractivity contribution in [3.05, 3.63) is 57.5 Å². The van der Waals surface area contributed by atoms with Gasteiger partial charge in [0.1, 0.15) is 0 Å². The van der Waals surface area contributed by atoms with E-state index in [4.69, 9.17) is 0 Å². The minimum absolute atomic E-state index is 0.0113. The lowest BCUT2D eigenvalue weighted by molar-refractivity contribution is -0.120. The van der Waals surface area contributed by atoms with E-state index in [1.54, 1.807) is 24.3 Å². The summed E-state index contributed by atoms with van der Waals surface area (Å²) in [4.78, 5) is 33.7. The summed E-state index contributed by atoms with van der Waals surface area (Å²) in [7, 11) is 1.31. The van der Waals surface area contributed by atoms with Gasteiger partial charge < -0.3 is 9.84 Å². The van der Waals surface area contributed by atoms with Gasteiger partial charge in [-0.3, -0.25) is 14.7 Å². The molecule has 114 valence electrons. The summed E-state index contributed by atoms with van der Waals surface area (Å²) in [6, 6.07) is 7.84. The van der Waals surface area contributed by atoms with E-state index in [1.807, 2.05) is 0 Å². The summed E-state index contributed by atoms with van der Waals surface area (Å²) in [6.07, 6.45) is 1.45. The summed E-state index contributed by atoms with van der Waals surface area (Å²) in [6.45, 7) is 0. The number of rotatable bonds is 5. The summed E-state index contributed by atoms with van der Waals surface area (Å²) in [5.74, 6) is -0.782. The van der Waals surface area contributed by atoms with Crippen LogP contribution >= 0.6 is 0 Å². The molecule has 1 aromatic carbocycles. The molecule has 8 heteroatoms. The van der Waals surface area contributed by atoms with E-state index >= 15 is 0 Å². The van der Waals surface area contributed by atoms with Gasteiger partial charge in [-0.2, -0.15) is 5.10 Å². The van der Waals surface area contributed by atoms with Gasteiger partial charge >= 0.3 is 5.97 Å². The molecular formula is C14H14N4O4. The zero-order chi connectivity index (χ0) is 15.9. The van der Waals surface area contributed by atoms with Crippen LogP contribution < -0.4 is 11.0 Å². The zero-order valence-corrected chi connectivity index (χ0v) is 11.8. The Balaban J connectivity index is 1.87. The van der Waals surface area contributed by atoms with E-state index < -0.39 is 5.97 Å². The molecule has 2 rings (SSSR count). The average molecular weight is 302 g/mol. The Bertz CT molecular complexity index is 743. The van der Waals surface area contributed by atoms with E-state index in [-0.39, 0.29) is 17.9 Å². The fourth-order valence-electron chi connectivity index (χ4n) is 1.68. The monoisotopic (exact) mass is 302 g/mol. The number of methoxy groups -OCH3 is 1. The zero-order valence-electron chi connectivity index (χ0n) is 11.8. The van der Waals surface area contributed by atoms with Crippen LogP contribution in [0, 0.1) is 0 Å². The van der Waals surface area contributed by atoms with Crippen molar-refractivity contribution in [1.29, 1.82) is 0 Å². The first-order valence-corrected chi connectivity index (χ1v) is 6.35. The van der Waals surface area contributed by atoms with E-state index in [1.165, 1.54) is 19.4 Å². The maximum atomic E-state index is 11.6. The number of esters is 1. The second-order valence-corrected chi connectivity index (χ2v) is 4.37. The third kappa shape index (κ3) is 4.17. The Kier molecular flexibility index (Phi) is 4.86. The molecule has 0 bridgehead atoms. The molecule has 0 unspecified atom stereocenters. The number of aromatic nitrogens is 2. The molecule has 0 radical (unpaired) electrons. The molecule has 0 aliphatic rings. The van der Waals surface area contributed by atoms with Crippen LogP contribution in [0.2, 0.25) is 0 Å². The molecule has 1 aromatic heterocycles. The summed E-state index contributed by atoms with van der Waals surface area (Å²) < 4.78 is 4.59. The van der Waals surface area contributed by atoms with E-state index in [0.29, 0.717) is 16.8 Å². The molecule has 0 saturated carbocycles. The van der Waals surface area contributed by atoms with Gasteiger partial charge in [0.05, 0.1) is 25.3 Å². The van der Waals surface area contributed by atoms with Crippen LogP contribution in [0.3, 0.4) is 0 Å². The lowest BCUT2D eigenvalue weighted by Gasteiger charge is -1.99. The van der Waals surface area contributed by atoms with Crippen molar-refractivity contribution in [2.24, 2.45) is 5.10 Å². The first-order chi connectivity index (χ1) is 10.6. The van der Waals surface area contributed by atoms with Crippen molar-refractivity contribution in [2.45, 2.75) is 6.42 Å². The molecule has 0 aliphatic carbocycles. The van der Waals surface area contributed by atoms with E-state index in [0.717, 1.165) is 0 Å². The number of hydrogen-bond acceptors (Lipinski definition) is 5. The maximum Gasteiger partial charge on any atom is 0.337 e. The number of carbonyl (C=O) groups excluding carboxylic acids is 2. The molecule has 1 heterocycles. The van der Waals surface area contributed by atoms with Crippen molar-refractivity contribution in [3.63, 3.8) is 0 Å². The predicted molar refractivity (Wildman–Crippen MR) is 78.6 cm³/mol. The van der Waals surface area contributed by atoms with E-state index in [2.05, 4.69) is 25.5 Å². The van der Waals surface area contributed by atoms with E-state index in [9.17, 15) is 14.4 Å². The largest absolute Gasteiger partial charge is 0.465 e. The summed E-state index contributed by atoms with van der Waals surface area (Å²) in [5, 5.41) is 8.71. The number of carbonyl (C=O) groups is 2. The van der Waals surface area contributed by atoms with Gasteiger partial charge in [-0.15, -0.1) is 0 Å². The second kappa shape index (κ2) is 7.02. The topological polar surface area (TPSA) is 116 Å². The number of amides is 1. The molecule has 0 aliphatic heterocycles. The van der Waals surface area contributed by atoms with Crippen LogP contribution in [-0.2, 0) is 16.0 Å². The van der Waals surface area contributed by atoms with Gasteiger partial charge in [0.15, 0.2) is 0 Å². The molecular weight excluding hydrogens is 288 g/mol. The third-order valence-corrected chi connectivity index (χ3v) is 2.74. The standard InChI is InChI=1S/C14H14N4O4/c1-22-14(21)10-4-2-9(3-5-10)8-15-17-12(19)6-11-7-13(20)18-16-11/h2-5,7-8H,6H2,1H3,(H,17,19)(H2,16,18,20). The number of hydrazone groups is 1. The molecule has 22 heavy (non-hydrogen) atoms. The van der Waals surface area contributed by atoms with Gasteiger partial charge in [-0.25, -0.2) is 10.2 Å². The Labute approximate surface area is 125 Å². The summed E-state index contributed by atoms with van der Waals surface area (Å²) in [5.41, 5.74) is 3.66. The number of nitrogens with zero attached hydrogens (tertiary/aromatic N) is 1. The maximum absolute atomic E-state index is 11.6. The molecule has 1 amide bonds. The van der Waals surface area contributed by atoms with Crippen LogP contribution in [0.25, 0.3) is 0 Å². The van der Waals surface area contributed by atoms with Crippen molar-refractivity contribution in [3.8, 4) is 0 Å². The number of aromatic amines is 2. The quantitative estimate of drug-likeness (QED) is 0.415. The predicted octanol–water partition coefficient (Wildman–Crippen LogP) is 0.182.